The highest BCUT2D eigenvalue weighted by Crippen LogP contribution is 2.42. The Morgan fingerprint density at radius 1 is 1.47 bits per heavy atom. The molecule has 0 radical (unpaired) electrons. The van der Waals surface area contributed by atoms with Crippen LogP contribution >= 0.6 is 0 Å². The Hall–Kier alpha value is -1.85. The van der Waals surface area contributed by atoms with Crippen LogP contribution in [0, 0.1) is 5.92 Å². The van der Waals surface area contributed by atoms with Crippen LogP contribution in [0.1, 0.15) is 38.8 Å². The van der Waals surface area contributed by atoms with Gasteiger partial charge in [-0.15, -0.1) is 0 Å². The van der Waals surface area contributed by atoms with Crippen LogP contribution in [-0.2, 0) is 16.6 Å². The van der Waals surface area contributed by atoms with Gasteiger partial charge in [-0.25, -0.2) is 0 Å². The summed E-state index contributed by atoms with van der Waals surface area (Å²) < 4.78 is 1.62. The van der Waals surface area contributed by atoms with E-state index < -0.39 is 23.5 Å². The summed E-state index contributed by atoms with van der Waals surface area (Å²) >= 11 is 0. The fraction of sp³-hybridized carbons (Fsp3) is 0.615. The van der Waals surface area contributed by atoms with Crippen molar-refractivity contribution in [2.45, 2.75) is 38.8 Å². The molecular formula is C13H19N3O3. The molecule has 0 aromatic carbocycles. The van der Waals surface area contributed by atoms with Gasteiger partial charge in [0.2, 0.25) is 5.91 Å². The van der Waals surface area contributed by atoms with Crippen molar-refractivity contribution in [2.24, 2.45) is 13.0 Å². The third-order valence-corrected chi connectivity index (χ3v) is 3.43. The standard InChI is InChI=1S/C13H19N3O3/c1-13(2,3)16-10(17)5-9(12(18)19)11(16)8-6-14-15(4)7-8/h6-7,9,11H,5H2,1-4H3,(H,18,19)/t9-,11-/m1/s1. The van der Waals surface area contributed by atoms with Gasteiger partial charge in [-0.2, -0.15) is 5.10 Å². The van der Waals surface area contributed by atoms with E-state index in [0.717, 1.165) is 5.56 Å². The van der Waals surface area contributed by atoms with Gasteiger partial charge < -0.3 is 10.0 Å². The molecule has 2 rings (SSSR count). The molecule has 0 unspecified atom stereocenters. The van der Waals surface area contributed by atoms with E-state index >= 15 is 0 Å². The first kappa shape index (κ1) is 13.6. The van der Waals surface area contributed by atoms with Gasteiger partial charge in [0, 0.05) is 30.8 Å². The van der Waals surface area contributed by atoms with Crippen LogP contribution in [0.3, 0.4) is 0 Å². The van der Waals surface area contributed by atoms with Crippen molar-refractivity contribution in [3.05, 3.63) is 18.0 Å². The van der Waals surface area contributed by atoms with E-state index in [4.69, 9.17) is 0 Å². The Morgan fingerprint density at radius 2 is 2.11 bits per heavy atom. The maximum absolute atomic E-state index is 12.2. The molecule has 1 aliphatic rings. The number of likely N-dealkylation sites (tertiary alicyclic amines) is 1. The Morgan fingerprint density at radius 3 is 2.53 bits per heavy atom. The highest BCUT2D eigenvalue weighted by Gasteiger charge is 2.48. The van der Waals surface area contributed by atoms with E-state index in [1.165, 1.54) is 0 Å². The van der Waals surface area contributed by atoms with E-state index in [-0.39, 0.29) is 12.3 Å². The van der Waals surface area contributed by atoms with Gasteiger partial charge in [0.05, 0.1) is 18.2 Å². The first-order valence-corrected chi connectivity index (χ1v) is 6.25. The Balaban J connectivity index is 2.47. The molecule has 2 heterocycles. The average Bonchev–Trinajstić information content (AvgIpc) is 2.80. The monoisotopic (exact) mass is 265 g/mol. The van der Waals surface area contributed by atoms with Crippen LogP contribution in [0.25, 0.3) is 0 Å². The van der Waals surface area contributed by atoms with Gasteiger partial charge >= 0.3 is 5.97 Å². The molecule has 2 atom stereocenters. The van der Waals surface area contributed by atoms with Crippen molar-refractivity contribution in [3.63, 3.8) is 0 Å². The number of carboxylic acid groups (broad SMARTS) is 1. The van der Waals surface area contributed by atoms with Gasteiger partial charge in [-0.05, 0) is 20.8 Å². The molecule has 0 spiro atoms. The van der Waals surface area contributed by atoms with Crippen molar-refractivity contribution in [3.8, 4) is 0 Å². The number of carboxylic acids is 1. The summed E-state index contributed by atoms with van der Waals surface area (Å²) in [6.07, 6.45) is 3.46. The van der Waals surface area contributed by atoms with Crippen LogP contribution in [0.5, 0.6) is 0 Å². The number of carbonyl (C=O) groups is 2. The van der Waals surface area contributed by atoms with Gasteiger partial charge in [0.25, 0.3) is 0 Å². The molecule has 1 aliphatic heterocycles. The Kier molecular flexibility index (Phi) is 3.12. The van der Waals surface area contributed by atoms with E-state index in [9.17, 15) is 14.7 Å². The quantitative estimate of drug-likeness (QED) is 0.871. The van der Waals surface area contributed by atoms with Crippen LogP contribution in [0.15, 0.2) is 12.4 Å². The summed E-state index contributed by atoms with van der Waals surface area (Å²) in [7, 11) is 1.78. The summed E-state index contributed by atoms with van der Waals surface area (Å²) in [5.41, 5.74) is 0.359. The molecular weight excluding hydrogens is 246 g/mol. The normalized spacial score (nSPS) is 24.0. The molecule has 19 heavy (non-hydrogen) atoms. The van der Waals surface area contributed by atoms with Crippen LogP contribution in [-0.4, -0.2) is 37.2 Å². The number of aromatic nitrogens is 2. The molecule has 1 fully saturated rings. The number of hydrogen-bond donors (Lipinski definition) is 1. The Labute approximate surface area is 112 Å². The lowest BCUT2D eigenvalue weighted by Crippen LogP contribution is -2.44. The van der Waals surface area contributed by atoms with E-state index in [0.29, 0.717) is 0 Å². The zero-order valence-electron chi connectivity index (χ0n) is 11.6. The predicted molar refractivity (Wildman–Crippen MR) is 68.3 cm³/mol. The lowest BCUT2D eigenvalue weighted by atomic mass is 9.93. The molecule has 104 valence electrons. The number of carbonyl (C=O) groups excluding carboxylic acids is 1. The van der Waals surface area contributed by atoms with E-state index in [1.807, 2.05) is 20.8 Å². The maximum Gasteiger partial charge on any atom is 0.309 e. The molecule has 0 bridgehead atoms. The summed E-state index contributed by atoms with van der Waals surface area (Å²) in [6.45, 7) is 5.75. The third-order valence-electron chi connectivity index (χ3n) is 3.43. The second kappa shape index (κ2) is 4.36. The second-order valence-corrected chi connectivity index (χ2v) is 5.98. The minimum atomic E-state index is -0.936. The van der Waals surface area contributed by atoms with Crippen molar-refractivity contribution in [1.82, 2.24) is 14.7 Å². The van der Waals surface area contributed by atoms with Crippen molar-refractivity contribution < 1.29 is 14.7 Å². The SMILES string of the molecule is Cn1cc([C@@H]2[C@H](C(=O)O)CC(=O)N2C(C)(C)C)cn1. The fourth-order valence-corrected chi connectivity index (χ4v) is 2.72. The summed E-state index contributed by atoms with van der Waals surface area (Å²) in [6, 6.07) is -0.446. The lowest BCUT2D eigenvalue weighted by molar-refractivity contribution is -0.142. The minimum Gasteiger partial charge on any atom is -0.481 e. The van der Waals surface area contributed by atoms with Gasteiger partial charge in [-0.1, -0.05) is 0 Å². The Bertz CT molecular complexity index is 515. The van der Waals surface area contributed by atoms with E-state index in [2.05, 4.69) is 5.10 Å². The molecule has 1 aromatic heterocycles. The number of hydrogen-bond acceptors (Lipinski definition) is 3. The van der Waals surface area contributed by atoms with Crippen molar-refractivity contribution >= 4 is 11.9 Å². The third kappa shape index (κ3) is 2.34. The molecule has 1 aromatic rings. The zero-order valence-corrected chi connectivity index (χ0v) is 11.6. The van der Waals surface area contributed by atoms with Crippen LogP contribution < -0.4 is 0 Å². The summed E-state index contributed by atoms with van der Waals surface area (Å²) in [5.74, 6) is -1.77. The van der Waals surface area contributed by atoms with Gasteiger partial charge in [0.15, 0.2) is 0 Å². The molecule has 6 nitrogen and oxygen atoms in total. The number of aryl methyl sites for hydroxylation is 1. The number of aliphatic carboxylic acids is 1. The van der Waals surface area contributed by atoms with Gasteiger partial charge in [-0.3, -0.25) is 14.3 Å². The molecule has 6 heteroatoms. The highest BCUT2D eigenvalue weighted by molar-refractivity contribution is 5.87. The largest absolute Gasteiger partial charge is 0.481 e. The first-order chi connectivity index (χ1) is 8.71. The van der Waals surface area contributed by atoms with Crippen molar-refractivity contribution in [1.29, 1.82) is 0 Å². The summed E-state index contributed by atoms with van der Waals surface area (Å²) in [4.78, 5) is 25.2. The smallest absolute Gasteiger partial charge is 0.309 e. The maximum atomic E-state index is 12.2. The topological polar surface area (TPSA) is 75.4 Å². The second-order valence-electron chi connectivity index (χ2n) is 5.98. The molecule has 1 N–H and O–H groups in total. The predicted octanol–water partition coefficient (Wildman–Crippen LogP) is 1.19. The van der Waals surface area contributed by atoms with Crippen LogP contribution in [0.2, 0.25) is 0 Å². The number of nitrogens with zero attached hydrogens (tertiary/aromatic N) is 3. The van der Waals surface area contributed by atoms with Crippen molar-refractivity contribution in [2.75, 3.05) is 0 Å². The average molecular weight is 265 g/mol. The highest BCUT2D eigenvalue weighted by atomic mass is 16.4. The first-order valence-electron chi connectivity index (χ1n) is 6.25. The van der Waals surface area contributed by atoms with Crippen LogP contribution in [0.4, 0.5) is 0 Å². The molecule has 1 saturated heterocycles. The fourth-order valence-electron chi connectivity index (χ4n) is 2.72. The number of amides is 1. The summed E-state index contributed by atoms with van der Waals surface area (Å²) in [5, 5.41) is 13.4. The zero-order chi connectivity index (χ0) is 14.4. The van der Waals surface area contributed by atoms with Gasteiger partial charge in [0.1, 0.15) is 0 Å². The molecule has 0 saturated carbocycles. The minimum absolute atomic E-state index is 0.0478. The lowest BCUT2D eigenvalue weighted by Gasteiger charge is -2.37. The van der Waals surface area contributed by atoms with E-state index in [1.54, 1.807) is 29.0 Å². The number of rotatable bonds is 2. The molecule has 1 amide bonds. The molecule has 0 aliphatic carbocycles.